The Hall–Kier alpha value is -2.50. The second-order valence-electron chi connectivity index (χ2n) is 9.28. The van der Waals surface area contributed by atoms with Crippen molar-refractivity contribution < 1.29 is 36.7 Å². The summed E-state index contributed by atoms with van der Waals surface area (Å²) in [4.78, 5) is 15.1. The van der Waals surface area contributed by atoms with E-state index in [0.717, 1.165) is 37.8 Å². The van der Waals surface area contributed by atoms with Crippen molar-refractivity contribution in [3.05, 3.63) is 40.8 Å². The highest BCUT2D eigenvalue weighted by atomic mass is 19.4. The van der Waals surface area contributed by atoms with Gasteiger partial charge in [0.15, 0.2) is 11.5 Å². The lowest BCUT2D eigenvalue weighted by atomic mass is 9.93. The number of halogens is 4. The van der Waals surface area contributed by atoms with Crippen molar-refractivity contribution in [2.24, 2.45) is 0 Å². The minimum Gasteiger partial charge on any atom is -0.393 e. The maximum Gasteiger partial charge on any atom is 0.419 e. The van der Waals surface area contributed by atoms with Gasteiger partial charge in [0.05, 0.1) is 11.7 Å². The van der Waals surface area contributed by atoms with Crippen LogP contribution < -0.4 is 5.32 Å². The Balaban J connectivity index is 1.65. The van der Waals surface area contributed by atoms with Gasteiger partial charge in [0.2, 0.25) is 0 Å². The minimum atomic E-state index is -4.83. The Bertz CT molecular complexity index is 1040. The first-order valence-corrected chi connectivity index (χ1v) is 11.8. The van der Waals surface area contributed by atoms with Gasteiger partial charge in [0.1, 0.15) is 5.82 Å². The summed E-state index contributed by atoms with van der Waals surface area (Å²) in [5, 5.41) is 16.7. The van der Waals surface area contributed by atoms with Crippen LogP contribution >= 0.6 is 0 Å². The zero-order chi connectivity index (χ0) is 25.2. The van der Waals surface area contributed by atoms with E-state index in [1.54, 1.807) is 0 Å². The Morgan fingerprint density at radius 2 is 1.97 bits per heavy atom. The molecule has 2 atom stereocenters. The molecule has 11 heteroatoms. The van der Waals surface area contributed by atoms with Gasteiger partial charge in [-0.25, -0.2) is 4.39 Å². The van der Waals surface area contributed by atoms with Gasteiger partial charge >= 0.3 is 6.18 Å². The average molecular weight is 500 g/mol. The van der Waals surface area contributed by atoms with Crippen molar-refractivity contribution in [1.82, 2.24) is 15.4 Å². The molecule has 2 aromatic rings. The largest absolute Gasteiger partial charge is 0.419 e. The standard InChI is InChI=1S/C24H29F4N3O4/c1-31(16-7-9-34-10-8-16)13-18-21(23(33)29-15-3-2-4-17(32)12-15)30-35-22(18)14-5-6-19(20(25)11-14)24(26,27)28/h5-6,11,15-17,32H,2-4,7-10,12-13H2,1H3,(H,29,33)/t15-,17+/m1/s1. The molecule has 35 heavy (non-hydrogen) atoms. The number of nitrogens with one attached hydrogen (secondary N) is 1. The van der Waals surface area contributed by atoms with Crippen LogP contribution in [-0.2, 0) is 17.5 Å². The molecule has 2 fully saturated rings. The molecular formula is C24H29F4N3O4. The first kappa shape index (κ1) is 25.6. The molecule has 0 spiro atoms. The van der Waals surface area contributed by atoms with Crippen molar-refractivity contribution in [3.8, 4) is 11.3 Å². The van der Waals surface area contributed by atoms with Crippen LogP contribution in [0.5, 0.6) is 0 Å². The molecule has 1 aromatic carbocycles. The number of benzene rings is 1. The summed E-state index contributed by atoms with van der Waals surface area (Å²) in [6, 6.07) is 2.46. The van der Waals surface area contributed by atoms with E-state index in [9.17, 15) is 27.5 Å². The number of hydrogen-bond acceptors (Lipinski definition) is 6. The monoisotopic (exact) mass is 499 g/mol. The number of amides is 1. The third kappa shape index (κ3) is 6.02. The number of alkyl halides is 3. The molecule has 4 rings (SSSR count). The van der Waals surface area contributed by atoms with Gasteiger partial charge in [-0.2, -0.15) is 13.2 Å². The molecule has 1 amide bonds. The summed E-state index contributed by atoms with van der Waals surface area (Å²) in [7, 11) is 1.87. The van der Waals surface area contributed by atoms with E-state index in [2.05, 4.69) is 10.5 Å². The van der Waals surface area contributed by atoms with Gasteiger partial charge in [-0.15, -0.1) is 0 Å². The number of rotatable bonds is 6. The topological polar surface area (TPSA) is 87.8 Å². The quantitative estimate of drug-likeness (QED) is 0.581. The molecule has 1 saturated carbocycles. The summed E-state index contributed by atoms with van der Waals surface area (Å²) in [6.45, 7) is 1.43. The fraction of sp³-hybridized carbons (Fsp3) is 0.583. The molecular weight excluding hydrogens is 470 g/mol. The first-order chi connectivity index (χ1) is 16.6. The van der Waals surface area contributed by atoms with Gasteiger partial charge in [0, 0.05) is 43.0 Å². The highest BCUT2D eigenvalue weighted by Crippen LogP contribution is 2.35. The summed E-state index contributed by atoms with van der Waals surface area (Å²) < 4.78 is 64.3. The zero-order valence-electron chi connectivity index (χ0n) is 19.4. The molecule has 0 bridgehead atoms. The van der Waals surface area contributed by atoms with Gasteiger partial charge in [0.25, 0.3) is 5.91 Å². The molecule has 0 unspecified atom stereocenters. The number of carbonyl (C=O) groups is 1. The third-order valence-corrected chi connectivity index (χ3v) is 6.74. The average Bonchev–Trinajstić information content (AvgIpc) is 3.22. The van der Waals surface area contributed by atoms with Crippen molar-refractivity contribution in [3.63, 3.8) is 0 Å². The van der Waals surface area contributed by atoms with E-state index in [1.807, 2.05) is 11.9 Å². The molecule has 1 saturated heterocycles. The Morgan fingerprint density at radius 1 is 1.23 bits per heavy atom. The second kappa shape index (κ2) is 10.6. The van der Waals surface area contributed by atoms with Crippen LogP contribution in [0.15, 0.2) is 22.7 Å². The van der Waals surface area contributed by atoms with Crippen LogP contribution in [0.1, 0.15) is 60.1 Å². The number of hydrogen-bond donors (Lipinski definition) is 2. The highest BCUT2D eigenvalue weighted by molar-refractivity contribution is 5.95. The zero-order valence-corrected chi connectivity index (χ0v) is 19.4. The second-order valence-corrected chi connectivity index (χ2v) is 9.28. The predicted molar refractivity (Wildman–Crippen MR) is 118 cm³/mol. The lowest BCUT2D eigenvalue weighted by Crippen LogP contribution is -2.40. The molecule has 0 radical (unpaired) electrons. The Labute approximate surface area is 200 Å². The normalized spacial score (nSPS) is 21.9. The van der Waals surface area contributed by atoms with E-state index in [-0.39, 0.29) is 35.6 Å². The number of nitrogens with zero attached hydrogens (tertiary/aromatic N) is 2. The molecule has 2 heterocycles. The number of aliphatic hydroxyl groups excluding tert-OH is 1. The van der Waals surface area contributed by atoms with Crippen molar-refractivity contribution in [2.75, 3.05) is 20.3 Å². The van der Waals surface area contributed by atoms with Crippen molar-refractivity contribution in [2.45, 2.75) is 69.4 Å². The van der Waals surface area contributed by atoms with E-state index in [4.69, 9.17) is 9.26 Å². The maximum absolute atomic E-state index is 14.3. The summed E-state index contributed by atoms with van der Waals surface area (Å²) in [6.07, 6.45) is -1.14. The predicted octanol–water partition coefficient (Wildman–Crippen LogP) is 4.14. The van der Waals surface area contributed by atoms with Crippen molar-refractivity contribution in [1.29, 1.82) is 0 Å². The molecule has 2 aliphatic rings. The van der Waals surface area contributed by atoms with Crippen LogP contribution in [0.4, 0.5) is 17.6 Å². The lowest BCUT2D eigenvalue weighted by Gasteiger charge is -2.31. The Kier molecular flexibility index (Phi) is 7.77. The molecule has 1 aliphatic heterocycles. The van der Waals surface area contributed by atoms with Crippen LogP contribution in [0.3, 0.4) is 0 Å². The van der Waals surface area contributed by atoms with Crippen LogP contribution in [0.25, 0.3) is 11.3 Å². The van der Waals surface area contributed by atoms with E-state index in [0.29, 0.717) is 37.7 Å². The number of aliphatic hydroxyl groups is 1. The maximum atomic E-state index is 14.3. The van der Waals surface area contributed by atoms with Crippen molar-refractivity contribution >= 4 is 5.91 Å². The summed E-state index contributed by atoms with van der Waals surface area (Å²) >= 11 is 0. The number of ether oxygens (including phenoxy) is 1. The molecule has 1 aliphatic carbocycles. The van der Waals surface area contributed by atoms with E-state index < -0.39 is 29.6 Å². The fourth-order valence-electron chi connectivity index (χ4n) is 4.80. The third-order valence-electron chi connectivity index (χ3n) is 6.74. The lowest BCUT2D eigenvalue weighted by molar-refractivity contribution is -0.139. The van der Waals surface area contributed by atoms with Crippen LogP contribution in [0.2, 0.25) is 0 Å². The molecule has 1 aromatic heterocycles. The summed E-state index contributed by atoms with van der Waals surface area (Å²) in [5.41, 5.74) is -0.952. The van der Waals surface area contributed by atoms with E-state index >= 15 is 0 Å². The first-order valence-electron chi connectivity index (χ1n) is 11.8. The van der Waals surface area contributed by atoms with Crippen LogP contribution in [0, 0.1) is 5.82 Å². The molecule has 192 valence electrons. The van der Waals surface area contributed by atoms with Gasteiger partial charge in [-0.1, -0.05) is 11.2 Å². The smallest absolute Gasteiger partial charge is 0.393 e. The molecule has 7 nitrogen and oxygen atoms in total. The minimum absolute atomic E-state index is 0.000668. The molecule has 2 N–H and O–H groups in total. The fourth-order valence-corrected chi connectivity index (χ4v) is 4.80. The Morgan fingerprint density at radius 3 is 2.63 bits per heavy atom. The van der Waals surface area contributed by atoms with Gasteiger partial charge in [-0.3, -0.25) is 9.69 Å². The summed E-state index contributed by atoms with van der Waals surface area (Å²) in [5.74, 6) is -1.88. The SMILES string of the molecule is CN(Cc1c(C(=O)N[C@@H]2CCC[C@H](O)C2)noc1-c1ccc(C(F)(F)F)c(F)c1)C1CCOCC1. The van der Waals surface area contributed by atoms with Crippen LogP contribution in [-0.4, -0.2) is 59.5 Å². The van der Waals surface area contributed by atoms with Gasteiger partial charge < -0.3 is 19.7 Å². The van der Waals surface area contributed by atoms with E-state index in [1.165, 1.54) is 0 Å². The van der Waals surface area contributed by atoms with Gasteiger partial charge in [-0.05, 0) is 57.7 Å². The number of aromatic nitrogens is 1. The highest BCUT2D eigenvalue weighted by Gasteiger charge is 2.35. The number of carbonyl (C=O) groups excluding carboxylic acids is 1.